The van der Waals surface area contributed by atoms with E-state index in [1.807, 2.05) is 38.1 Å². The minimum absolute atomic E-state index is 0.0122. The highest BCUT2D eigenvalue weighted by Crippen LogP contribution is 2.44. The molecule has 2 aliphatic rings. The van der Waals surface area contributed by atoms with Gasteiger partial charge in [-0.2, -0.15) is 0 Å². The van der Waals surface area contributed by atoms with Crippen LogP contribution >= 0.6 is 0 Å². The lowest BCUT2D eigenvalue weighted by molar-refractivity contribution is -0.149. The molecule has 2 amide bonds. The van der Waals surface area contributed by atoms with Crippen LogP contribution < -0.4 is 5.32 Å². The third-order valence-corrected chi connectivity index (χ3v) is 7.06. The lowest BCUT2D eigenvalue weighted by Crippen LogP contribution is -2.42. The number of carbonyl (C=O) groups is 3. The van der Waals surface area contributed by atoms with Gasteiger partial charge in [0.15, 0.2) is 0 Å². The summed E-state index contributed by atoms with van der Waals surface area (Å²) in [5, 5.41) is 12.2. The molecule has 1 fully saturated rings. The Morgan fingerprint density at radius 1 is 1.09 bits per heavy atom. The van der Waals surface area contributed by atoms with Gasteiger partial charge in [-0.3, -0.25) is 4.79 Å². The predicted molar refractivity (Wildman–Crippen MR) is 128 cm³/mol. The van der Waals surface area contributed by atoms with Crippen LogP contribution in [0, 0.1) is 11.8 Å². The number of fused-ring (bicyclic) bond motifs is 3. The summed E-state index contributed by atoms with van der Waals surface area (Å²) in [5.74, 6) is -1.03. The maximum atomic E-state index is 12.5. The van der Waals surface area contributed by atoms with Crippen molar-refractivity contribution in [1.82, 2.24) is 10.2 Å². The number of carbonyl (C=O) groups excluding carboxylic acids is 2. The van der Waals surface area contributed by atoms with Crippen LogP contribution in [0.3, 0.4) is 0 Å². The highest BCUT2D eigenvalue weighted by atomic mass is 16.5. The van der Waals surface area contributed by atoms with Gasteiger partial charge in [0.25, 0.3) is 0 Å². The van der Waals surface area contributed by atoms with Crippen molar-refractivity contribution in [2.45, 2.75) is 45.1 Å². The van der Waals surface area contributed by atoms with Crippen LogP contribution in [0.2, 0.25) is 0 Å². The van der Waals surface area contributed by atoms with Crippen molar-refractivity contribution in [2.75, 3.05) is 19.7 Å². The normalized spacial score (nSPS) is 19.9. The molecule has 7 heteroatoms. The number of amides is 2. The highest BCUT2D eigenvalue weighted by molar-refractivity contribution is 5.84. The second-order valence-corrected chi connectivity index (χ2v) is 9.49. The summed E-state index contributed by atoms with van der Waals surface area (Å²) >= 11 is 0. The van der Waals surface area contributed by atoms with Crippen molar-refractivity contribution in [3.8, 4) is 11.1 Å². The molecule has 1 heterocycles. The molecule has 0 radical (unpaired) electrons. The van der Waals surface area contributed by atoms with Crippen LogP contribution in [-0.4, -0.2) is 53.7 Å². The Kier molecular flexibility index (Phi) is 7.20. The first-order chi connectivity index (χ1) is 16.4. The smallest absolute Gasteiger partial charge is 0.407 e. The Hall–Kier alpha value is -3.35. The van der Waals surface area contributed by atoms with Gasteiger partial charge in [-0.1, -0.05) is 62.4 Å². The molecule has 0 saturated carbocycles. The van der Waals surface area contributed by atoms with E-state index in [-0.39, 0.29) is 36.7 Å². The number of hydrogen-bond acceptors (Lipinski definition) is 4. The third kappa shape index (κ3) is 4.93. The zero-order valence-corrected chi connectivity index (χ0v) is 19.7. The van der Waals surface area contributed by atoms with E-state index >= 15 is 0 Å². The van der Waals surface area contributed by atoms with Crippen LogP contribution in [0.5, 0.6) is 0 Å². The van der Waals surface area contributed by atoms with Crippen LogP contribution in [0.25, 0.3) is 11.1 Å². The van der Waals surface area contributed by atoms with Gasteiger partial charge in [0.1, 0.15) is 12.6 Å². The molecule has 2 N–H and O–H groups in total. The van der Waals surface area contributed by atoms with E-state index in [2.05, 4.69) is 29.6 Å². The first-order valence-electron chi connectivity index (χ1n) is 12.0. The number of likely N-dealkylation sites (tertiary alicyclic amines) is 1. The standard InChI is InChI=1S/C27H32N2O5/c1-17(11-12-24(30)29-14-13-18(2)25(29)26(31)32)15-28-27(33)34-16-23-21-9-5-3-7-19(21)20-8-4-6-10-22(20)23/h3-10,17-18,23,25H,11-16H2,1-2H3,(H,28,33)(H,31,32). The maximum Gasteiger partial charge on any atom is 0.407 e. The number of nitrogens with zero attached hydrogens (tertiary/aromatic N) is 1. The summed E-state index contributed by atoms with van der Waals surface area (Å²) in [5.41, 5.74) is 4.70. The molecule has 7 nitrogen and oxygen atoms in total. The summed E-state index contributed by atoms with van der Waals surface area (Å²) in [4.78, 5) is 37.9. The summed E-state index contributed by atoms with van der Waals surface area (Å²) in [6.07, 6.45) is 1.07. The molecule has 0 spiro atoms. The molecule has 3 atom stereocenters. The first kappa shape index (κ1) is 23.8. The lowest BCUT2D eigenvalue weighted by Gasteiger charge is -2.24. The Bertz CT molecular complexity index is 1020. The van der Waals surface area contributed by atoms with Crippen molar-refractivity contribution >= 4 is 18.0 Å². The first-order valence-corrected chi connectivity index (χ1v) is 12.0. The molecular formula is C27H32N2O5. The van der Waals surface area contributed by atoms with Crippen molar-refractivity contribution in [3.05, 3.63) is 59.7 Å². The molecule has 1 aliphatic heterocycles. The molecular weight excluding hydrogens is 432 g/mol. The van der Waals surface area contributed by atoms with Gasteiger partial charge in [0.05, 0.1) is 0 Å². The predicted octanol–water partition coefficient (Wildman–Crippen LogP) is 4.26. The molecule has 2 aromatic carbocycles. The number of ether oxygens (including phenoxy) is 1. The molecule has 180 valence electrons. The molecule has 34 heavy (non-hydrogen) atoms. The van der Waals surface area contributed by atoms with E-state index in [4.69, 9.17) is 4.74 Å². The Labute approximate surface area is 200 Å². The third-order valence-electron chi connectivity index (χ3n) is 7.06. The van der Waals surface area contributed by atoms with Gasteiger partial charge in [-0.05, 0) is 46.9 Å². The van der Waals surface area contributed by atoms with Crippen molar-refractivity contribution in [2.24, 2.45) is 11.8 Å². The Morgan fingerprint density at radius 2 is 1.71 bits per heavy atom. The summed E-state index contributed by atoms with van der Waals surface area (Å²) < 4.78 is 5.56. The highest BCUT2D eigenvalue weighted by Gasteiger charge is 2.39. The quantitative estimate of drug-likeness (QED) is 0.609. The number of hydrogen-bond donors (Lipinski definition) is 2. The average molecular weight is 465 g/mol. The zero-order chi connectivity index (χ0) is 24.2. The van der Waals surface area contributed by atoms with Crippen molar-refractivity contribution in [1.29, 1.82) is 0 Å². The van der Waals surface area contributed by atoms with Crippen molar-refractivity contribution in [3.63, 3.8) is 0 Å². The zero-order valence-electron chi connectivity index (χ0n) is 19.7. The molecule has 3 unspecified atom stereocenters. The number of aliphatic carboxylic acids is 1. The fourth-order valence-corrected chi connectivity index (χ4v) is 5.13. The van der Waals surface area contributed by atoms with E-state index < -0.39 is 18.1 Å². The molecule has 2 aromatic rings. The fraction of sp³-hybridized carbons (Fsp3) is 0.444. The number of benzene rings is 2. The summed E-state index contributed by atoms with van der Waals surface area (Å²) in [6.45, 7) is 4.97. The molecule has 4 rings (SSSR count). The fourth-order valence-electron chi connectivity index (χ4n) is 5.13. The van der Waals surface area contributed by atoms with Crippen LogP contribution in [0.1, 0.15) is 50.2 Å². The SMILES string of the molecule is CC(CCC(=O)N1CCC(C)C1C(=O)O)CNC(=O)OCC1c2ccccc2-c2ccccc21. The Balaban J connectivity index is 1.23. The van der Waals surface area contributed by atoms with Gasteiger partial charge in [0.2, 0.25) is 5.91 Å². The van der Waals surface area contributed by atoms with Crippen LogP contribution in [-0.2, 0) is 14.3 Å². The number of rotatable bonds is 8. The minimum Gasteiger partial charge on any atom is -0.480 e. The Morgan fingerprint density at radius 3 is 2.32 bits per heavy atom. The lowest BCUT2D eigenvalue weighted by atomic mass is 9.98. The average Bonchev–Trinajstić information content (AvgIpc) is 3.38. The van der Waals surface area contributed by atoms with Gasteiger partial charge in [-0.15, -0.1) is 0 Å². The van der Waals surface area contributed by atoms with E-state index in [9.17, 15) is 19.5 Å². The van der Waals surface area contributed by atoms with E-state index in [0.717, 1.165) is 0 Å². The molecule has 0 aromatic heterocycles. The van der Waals surface area contributed by atoms with Crippen LogP contribution in [0.15, 0.2) is 48.5 Å². The van der Waals surface area contributed by atoms with Gasteiger partial charge >= 0.3 is 12.1 Å². The largest absolute Gasteiger partial charge is 0.480 e. The maximum absolute atomic E-state index is 12.5. The minimum atomic E-state index is -0.941. The number of nitrogens with one attached hydrogen (secondary N) is 1. The second-order valence-electron chi connectivity index (χ2n) is 9.49. The van der Waals surface area contributed by atoms with Crippen LogP contribution in [0.4, 0.5) is 4.79 Å². The van der Waals surface area contributed by atoms with Gasteiger partial charge < -0.3 is 20.1 Å². The second kappa shape index (κ2) is 10.3. The summed E-state index contributed by atoms with van der Waals surface area (Å²) in [6, 6.07) is 15.7. The molecule has 1 saturated heterocycles. The van der Waals surface area contributed by atoms with Gasteiger partial charge in [-0.25, -0.2) is 9.59 Å². The number of carboxylic acids is 1. The summed E-state index contributed by atoms with van der Waals surface area (Å²) in [7, 11) is 0. The number of alkyl carbamates (subject to hydrolysis) is 1. The number of carboxylic acid groups (broad SMARTS) is 1. The van der Waals surface area contributed by atoms with E-state index in [1.165, 1.54) is 27.2 Å². The molecule has 1 aliphatic carbocycles. The van der Waals surface area contributed by atoms with Gasteiger partial charge in [0, 0.05) is 25.4 Å². The van der Waals surface area contributed by atoms with E-state index in [1.54, 1.807) is 0 Å². The molecule has 0 bridgehead atoms. The van der Waals surface area contributed by atoms with Crippen molar-refractivity contribution < 1.29 is 24.2 Å². The monoisotopic (exact) mass is 464 g/mol. The topological polar surface area (TPSA) is 95.9 Å². The van der Waals surface area contributed by atoms with E-state index in [0.29, 0.717) is 25.9 Å².